The number of alkyl halides is 4. The van der Waals surface area contributed by atoms with Gasteiger partial charge in [-0.05, 0) is 24.6 Å². The van der Waals surface area contributed by atoms with E-state index in [4.69, 9.17) is 0 Å². The van der Waals surface area contributed by atoms with Crippen molar-refractivity contribution in [2.45, 2.75) is 31.4 Å². The molecule has 2 rings (SSSR count). The summed E-state index contributed by atoms with van der Waals surface area (Å²) in [6, 6.07) is 8.15. The highest BCUT2D eigenvalue weighted by Gasteiger charge is 2.41. The molecule has 0 saturated carbocycles. The van der Waals surface area contributed by atoms with Gasteiger partial charge >= 0.3 is 12.3 Å². The third kappa shape index (κ3) is 5.15. The summed E-state index contributed by atoms with van der Waals surface area (Å²) in [7, 11) is 3.50. The Labute approximate surface area is 144 Å². The minimum Gasteiger partial charge on any atom is -0.365 e. The van der Waals surface area contributed by atoms with E-state index < -0.39 is 31.5 Å². The monoisotopic (exact) mass is 362 g/mol. The van der Waals surface area contributed by atoms with Crippen LogP contribution in [0.5, 0.6) is 0 Å². The minimum atomic E-state index is -4.24. The number of ether oxygens (including phenoxy) is 1. The van der Waals surface area contributed by atoms with Crippen LogP contribution < -0.4 is 0 Å². The largest absolute Gasteiger partial charge is 0.365 e. The fourth-order valence-corrected chi connectivity index (χ4v) is 2.79. The second-order valence-electron chi connectivity index (χ2n) is 6.37. The molecule has 1 amide bonds. The lowest BCUT2D eigenvalue weighted by Crippen LogP contribution is -2.47. The first-order chi connectivity index (χ1) is 11.7. The molecule has 1 aromatic rings. The predicted octanol–water partition coefficient (Wildman–Crippen LogP) is 2.42. The van der Waals surface area contributed by atoms with Crippen LogP contribution >= 0.6 is 0 Å². The lowest BCUT2D eigenvalue weighted by atomic mass is 9.94. The summed E-state index contributed by atoms with van der Waals surface area (Å²) < 4.78 is 54.1. The van der Waals surface area contributed by atoms with Gasteiger partial charge in [-0.2, -0.15) is 8.78 Å². The molecule has 1 aliphatic rings. The first-order valence-corrected chi connectivity index (χ1v) is 7.95. The Bertz CT molecular complexity index is 598. The van der Waals surface area contributed by atoms with Gasteiger partial charge in [-0.15, -0.1) is 0 Å². The molecule has 1 aliphatic heterocycles. The number of rotatable bonds is 7. The minimum absolute atomic E-state index is 0.0892. The number of nitrogens with zero attached hydrogens (tertiary/aromatic N) is 2. The molecule has 0 unspecified atom stereocenters. The summed E-state index contributed by atoms with van der Waals surface area (Å²) in [5.41, 5.74) is 2.46. The van der Waals surface area contributed by atoms with E-state index in [9.17, 15) is 22.4 Å². The van der Waals surface area contributed by atoms with Crippen LogP contribution in [0.3, 0.4) is 0 Å². The molecule has 25 heavy (non-hydrogen) atoms. The van der Waals surface area contributed by atoms with E-state index in [0.717, 1.165) is 13.0 Å². The number of halogens is 4. The van der Waals surface area contributed by atoms with Crippen molar-refractivity contribution in [3.63, 3.8) is 0 Å². The highest BCUT2D eigenvalue weighted by molar-refractivity contribution is 5.77. The molecule has 1 aromatic carbocycles. The number of amides is 1. The molecule has 8 heteroatoms. The van der Waals surface area contributed by atoms with Crippen LogP contribution in [-0.4, -0.2) is 68.0 Å². The maximum absolute atomic E-state index is 12.8. The van der Waals surface area contributed by atoms with Gasteiger partial charge in [0.25, 0.3) is 0 Å². The van der Waals surface area contributed by atoms with Gasteiger partial charge in [0, 0.05) is 26.2 Å². The Balaban J connectivity index is 1.83. The summed E-state index contributed by atoms with van der Waals surface area (Å²) in [4.78, 5) is 15.5. The molecular weight excluding hydrogens is 340 g/mol. The molecule has 1 heterocycles. The SMILES string of the molecule is CN(C[C@H]1Cc2ccccc2CN1C)C(=O)COCC(F)(F)C(F)F. The zero-order valence-electron chi connectivity index (χ0n) is 14.2. The zero-order valence-corrected chi connectivity index (χ0v) is 14.2. The van der Waals surface area contributed by atoms with Crippen LogP contribution in [0.15, 0.2) is 24.3 Å². The average Bonchev–Trinajstić information content (AvgIpc) is 2.55. The van der Waals surface area contributed by atoms with Crippen molar-refractivity contribution in [1.82, 2.24) is 9.80 Å². The molecule has 140 valence electrons. The van der Waals surface area contributed by atoms with Gasteiger partial charge in [-0.25, -0.2) is 8.78 Å². The number of likely N-dealkylation sites (N-methyl/N-ethyl adjacent to an activating group) is 2. The van der Waals surface area contributed by atoms with E-state index in [1.54, 1.807) is 7.05 Å². The normalized spacial score (nSPS) is 18.3. The molecule has 0 aliphatic carbocycles. The molecule has 0 fully saturated rings. The van der Waals surface area contributed by atoms with E-state index in [2.05, 4.69) is 15.7 Å². The number of hydrogen-bond donors (Lipinski definition) is 0. The quantitative estimate of drug-likeness (QED) is 0.699. The van der Waals surface area contributed by atoms with Crippen LogP contribution in [-0.2, 0) is 22.5 Å². The van der Waals surface area contributed by atoms with Crippen molar-refractivity contribution in [2.75, 3.05) is 33.9 Å². The number of carbonyl (C=O) groups excluding carboxylic acids is 1. The van der Waals surface area contributed by atoms with Gasteiger partial charge in [0.2, 0.25) is 5.91 Å². The van der Waals surface area contributed by atoms with Gasteiger partial charge in [-0.3, -0.25) is 9.69 Å². The van der Waals surface area contributed by atoms with Crippen LogP contribution in [0.4, 0.5) is 17.6 Å². The number of carbonyl (C=O) groups is 1. The Kier molecular flexibility index (Phi) is 6.40. The molecule has 0 N–H and O–H groups in total. The molecule has 4 nitrogen and oxygen atoms in total. The Morgan fingerprint density at radius 1 is 1.36 bits per heavy atom. The van der Waals surface area contributed by atoms with Crippen molar-refractivity contribution < 1.29 is 27.1 Å². The summed E-state index contributed by atoms with van der Waals surface area (Å²) in [5, 5.41) is 0. The third-order valence-electron chi connectivity index (χ3n) is 4.37. The maximum Gasteiger partial charge on any atom is 0.330 e. The average molecular weight is 362 g/mol. The molecule has 0 radical (unpaired) electrons. The van der Waals surface area contributed by atoms with E-state index in [1.807, 2.05) is 25.2 Å². The second-order valence-corrected chi connectivity index (χ2v) is 6.37. The van der Waals surface area contributed by atoms with E-state index in [0.29, 0.717) is 6.54 Å². The van der Waals surface area contributed by atoms with Crippen molar-refractivity contribution in [2.24, 2.45) is 0 Å². The summed E-state index contributed by atoms with van der Waals surface area (Å²) in [6.07, 6.45) is -3.04. The topological polar surface area (TPSA) is 32.8 Å². The summed E-state index contributed by atoms with van der Waals surface area (Å²) in [5.74, 6) is -4.76. The van der Waals surface area contributed by atoms with Crippen LogP contribution in [0.1, 0.15) is 11.1 Å². The highest BCUT2D eigenvalue weighted by Crippen LogP contribution is 2.23. The van der Waals surface area contributed by atoms with Gasteiger partial charge in [-0.1, -0.05) is 24.3 Å². The summed E-state index contributed by atoms with van der Waals surface area (Å²) >= 11 is 0. The van der Waals surface area contributed by atoms with Crippen LogP contribution in [0, 0.1) is 0 Å². The first kappa shape index (κ1) is 19.7. The van der Waals surface area contributed by atoms with Crippen molar-refractivity contribution in [3.05, 3.63) is 35.4 Å². The molecule has 0 bridgehead atoms. The standard InChI is InChI=1S/C17H22F4N2O2/c1-22-8-13-6-4-3-5-12(13)7-14(22)9-23(2)15(24)10-25-11-17(20,21)16(18)19/h3-6,14,16H,7-11H2,1-2H3/t14-/m1/s1. The zero-order chi connectivity index (χ0) is 18.6. The van der Waals surface area contributed by atoms with Crippen LogP contribution in [0.2, 0.25) is 0 Å². The van der Waals surface area contributed by atoms with Crippen molar-refractivity contribution >= 4 is 5.91 Å². The van der Waals surface area contributed by atoms with E-state index in [-0.39, 0.29) is 6.04 Å². The lowest BCUT2D eigenvalue weighted by Gasteiger charge is -2.36. The highest BCUT2D eigenvalue weighted by atomic mass is 19.3. The lowest BCUT2D eigenvalue weighted by molar-refractivity contribution is -0.170. The molecular formula is C17H22F4N2O2. The maximum atomic E-state index is 12.8. The summed E-state index contributed by atoms with van der Waals surface area (Å²) in [6.45, 7) is -0.953. The van der Waals surface area contributed by atoms with Gasteiger partial charge in [0.05, 0.1) is 0 Å². The number of benzene rings is 1. The van der Waals surface area contributed by atoms with Crippen molar-refractivity contribution in [3.8, 4) is 0 Å². The Morgan fingerprint density at radius 3 is 2.64 bits per heavy atom. The first-order valence-electron chi connectivity index (χ1n) is 7.95. The molecule has 1 atom stereocenters. The third-order valence-corrected chi connectivity index (χ3v) is 4.37. The fraction of sp³-hybridized carbons (Fsp3) is 0.588. The molecule has 0 aromatic heterocycles. The van der Waals surface area contributed by atoms with Gasteiger partial charge in [0.15, 0.2) is 0 Å². The van der Waals surface area contributed by atoms with E-state index in [1.165, 1.54) is 16.0 Å². The Morgan fingerprint density at radius 2 is 2.00 bits per heavy atom. The smallest absolute Gasteiger partial charge is 0.330 e. The number of hydrogen-bond acceptors (Lipinski definition) is 3. The predicted molar refractivity (Wildman–Crippen MR) is 84.8 cm³/mol. The Hall–Kier alpha value is -1.67. The fourth-order valence-electron chi connectivity index (χ4n) is 2.79. The van der Waals surface area contributed by atoms with Crippen LogP contribution in [0.25, 0.3) is 0 Å². The van der Waals surface area contributed by atoms with Gasteiger partial charge < -0.3 is 9.64 Å². The molecule has 0 spiro atoms. The van der Waals surface area contributed by atoms with Crippen molar-refractivity contribution in [1.29, 1.82) is 0 Å². The van der Waals surface area contributed by atoms with Gasteiger partial charge in [0.1, 0.15) is 13.2 Å². The molecule has 0 saturated heterocycles. The second kappa shape index (κ2) is 8.14. The number of fused-ring (bicyclic) bond motifs is 1. The van der Waals surface area contributed by atoms with E-state index >= 15 is 0 Å².